The Morgan fingerprint density at radius 2 is 1.85 bits per heavy atom. The van der Waals surface area contributed by atoms with Crippen LogP contribution in [0.3, 0.4) is 0 Å². The molecule has 3 rings (SSSR count). The molecule has 2 aromatic carbocycles. The Morgan fingerprint density at radius 3 is 2.58 bits per heavy atom. The van der Waals surface area contributed by atoms with Crippen molar-refractivity contribution in [3.05, 3.63) is 65.3 Å². The number of thiazole rings is 1. The maximum absolute atomic E-state index is 5.40. The lowest BCUT2D eigenvalue weighted by Crippen LogP contribution is -2.16. The van der Waals surface area contributed by atoms with Gasteiger partial charge in [0.2, 0.25) is 0 Å². The lowest BCUT2D eigenvalue weighted by Gasteiger charge is -2.12. The molecule has 3 aromatic rings. The lowest BCUT2D eigenvalue weighted by molar-refractivity contribution is 0.409. The fourth-order valence-corrected chi connectivity index (χ4v) is 3.67. The van der Waals surface area contributed by atoms with Gasteiger partial charge in [0, 0.05) is 32.5 Å². The summed E-state index contributed by atoms with van der Waals surface area (Å²) in [5, 5.41) is 4.58. The van der Waals surface area contributed by atoms with E-state index in [-0.39, 0.29) is 0 Å². The van der Waals surface area contributed by atoms with Crippen molar-refractivity contribution in [1.82, 2.24) is 10.3 Å². The molecule has 0 aliphatic rings. The van der Waals surface area contributed by atoms with Crippen molar-refractivity contribution < 1.29 is 4.74 Å². The molecule has 0 bridgehead atoms. The molecule has 1 heterocycles. The quantitative estimate of drug-likeness (QED) is 0.605. The molecule has 0 fully saturated rings. The van der Waals surface area contributed by atoms with E-state index >= 15 is 0 Å². The molecular formula is C21H25N3OS. The van der Waals surface area contributed by atoms with Crippen LogP contribution in [0.4, 0.5) is 5.69 Å². The minimum atomic E-state index is 0.787. The zero-order valence-electron chi connectivity index (χ0n) is 15.5. The molecule has 1 aromatic heterocycles. The molecule has 0 aliphatic carbocycles. The second-order valence-corrected chi connectivity index (χ2v) is 7.41. The van der Waals surface area contributed by atoms with Crippen LogP contribution in [0.2, 0.25) is 0 Å². The number of anilines is 1. The molecule has 1 N–H and O–H groups in total. The summed E-state index contributed by atoms with van der Waals surface area (Å²) < 4.78 is 5.40. The SMILES string of the molecule is COc1ccccc1CCNCc1ncc(-c2ccc(N(C)C)cc2)s1. The van der Waals surface area contributed by atoms with Gasteiger partial charge in [-0.2, -0.15) is 0 Å². The number of para-hydroxylation sites is 1. The largest absolute Gasteiger partial charge is 0.496 e. The van der Waals surface area contributed by atoms with Gasteiger partial charge >= 0.3 is 0 Å². The van der Waals surface area contributed by atoms with E-state index in [0.29, 0.717) is 0 Å². The predicted octanol–water partition coefficient (Wildman–Crippen LogP) is 4.22. The Hall–Kier alpha value is -2.37. The molecule has 5 heteroatoms. The fourth-order valence-electron chi connectivity index (χ4n) is 2.78. The van der Waals surface area contributed by atoms with E-state index in [4.69, 9.17) is 4.74 Å². The summed E-state index contributed by atoms with van der Waals surface area (Å²) in [7, 11) is 5.82. The third-order valence-electron chi connectivity index (χ3n) is 4.26. The molecular weight excluding hydrogens is 342 g/mol. The molecule has 0 spiro atoms. The maximum Gasteiger partial charge on any atom is 0.122 e. The Morgan fingerprint density at radius 1 is 1.08 bits per heavy atom. The van der Waals surface area contributed by atoms with Crippen molar-refractivity contribution in [2.75, 3.05) is 32.6 Å². The summed E-state index contributed by atoms with van der Waals surface area (Å²) >= 11 is 1.74. The molecule has 0 saturated heterocycles. The van der Waals surface area contributed by atoms with Gasteiger partial charge in [-0.25, -0.2) is 4.98 Å². The van der Waals surface area contributed by atoms with Crippen LogP contribution in [-0.4, -0.2) is 32.7 Å². The zero-order chi connectivity index (χ0) is 18.4. The Kier molecular flexibility index (Phi) is 6.26. The van der Waals surface area contributed by atoms with Crippen molar-refractivity contribution in [1.29, 1.82) is 0 Å². The lowest BCUT2D eigenvalue weighted by atomic mass is 10.1. The van der Waals surface area contributed by atoms with Crippen LogP contribution in [0.5, 0.6) is 5.75 Å². The predicted molar refractivity (Wildman–Crippen MR) is 110 cm³/mol. The van der Waals surface area contributed by atoms with E-state index in [0.717, 1.165) is 30.3 Å². The first-order valence-electron chi connectivity index (χ1n) is 8.72. The van der Waals surface area contributed by atoms with E-state index in [1.54, 1.807) is 18.4 Å². The van der Waals surface area contributed by atoms with Crippen molar-refractivity contribution in [3.63, 3.8) is 0 Å². The average molecular weight is 368 g/mol. The number of ether oxygens (including phenoxy) is 1. The second kappa shape index (κ2) is 8.83. The highest BCUT2D eigenvalue weighted by Gasteiger charge is 2.06. The van der Waals surface area contributed by atoms with E-state index in [1.165, 1.54) is 21.7 Å². The zero-order valence-corrected chi connectivity index (χ0v) is 16.3. The van der Waals surface area contributed by atoms with Crippen LogP contribution in [0, 0.1) is 0 Å². The second-order valence-electron chi connectivity index (χ2n) is 6.30. The van der Waals surface area contributed by atoms with E-state index in [9.17, 15) is 0 Å². The molecule has 0 amide bonds. The third kappa shape index (κ3) is 4.62. The van der Waals surface area contributed by atoms with E-state index < -0.39 is 0 Å². The summed E-state index contributed by atoms with van der Waals surface area (Å²) in [5.74, 6) is 0.951. The van der Waals surface area contributed by atoms with Gasteiger partial charge in [0.25, 0.3) is 0 Å². The Labute approximate surface area is 159 Å². The van der Waals surface area contributed by atoms with E-state index in [2.05, 4.69) is 59.6 Å². The van der Waals surface area contributed by atoms with Crippen LogP contribution >= 0.6 is 11.3 Å². The summed E-state index contributed by atoms with van der Waals surface area (Å²) in [6.45, 7) is 1.68. The molecule has 4 nitrogen and oxygen atoms in total. The third-order valence-corrected chi connectivity index (χ3v) is 5.31. The van der Waals surface area contributed by atoms with Gasteiger partial charge < -0.3 is 15.0 Å². The fraction of sp³-hybridized carbons (Fsp3) is 0.286. The number of hydrogen-bond acceptors (Lipinski definition) is 5. The Balaban J connectivity index is 1.52. The number of methoxy groups -OCH3 is 1. The van der Waals surface area contributed by atoms with Gasteiger partial charge in [-0.15, -0.1) is 11.3 Å². The standard InChI is InChI=1S/C21H25N3OS/c1-24(2)18-10-8-17(9-11-18)20-14-23-21(26-20)15-22-13-12-16-6-4-5-7-19(16)25-3/h4-11,14,22H,12-13,15H2,1-3H3. The summed E-state index contributed by atoms with van der Waals surface area (Å²) in [5.41, 5.74) is 3.65. The molecule has 26 heavy (non-hydrogen) atoms. The highest BCUT2D eigenvalue weighted by Crippen LogP contribution is 2.27. The van der Waals surface area contributed by atoms with Crippen molar-refractivity contribution >= 4 is 17.0 Å². The van der Waals surface area contributed by atoms with Crippen LogP contribution in [0.1, 0.15) is 10.6 Å². The maximum atomic E-state index is 5.40. The highest BCUT2D eigenvalue weighted by molar-refractivity contribution is 7.15. The molecule has 0 aliphatic heterocycles. The van der Waals surface area contributed by atoms with Crippen LogP contribution in [0.15, 0.2) is 54.7 Å². The van der Waals surface area contributed by atoms with E-state index in [1.807, 2.05) is 24.4 Å². The van der Waals surface area contributed by atoms with Crippen LogP contribution in [0.25, 0.3) is 10.4 Å². The van der Waals surface area contributed by atoms with Crippen LogP contribution < -0.4 is 15.0 Å². The van der Waals surface area contributed by atoms with Crippen molar-refractivity contribution in [3.8, 4) is 16.2 Å². The molecule has 136 valence electrons. The average Bonchev–Trinajstić information content (AvgIpc) is 3.14. The van der Waals surface area contributed by atoms with Crippen LogP contribution in [-0.2, 0) is 13.0 Å². The van der Waals surface area contributed by atoms with Crippen molar-refractivity contribution in [2.24, 2.45) is 0 Å². The first kappa shape index (κ1) is 18.4. The van der Waals surface area contributed by atoms with Gasteiger partial charge in [0.1, 0.15) is 10.8 Å². The topological polar surface area (TPSA) is 37.4 Å². The smallest absolute Gasteiger partial charge is 0.122 e. The first-order chi connectivity index (χ1) is 12.7. The summed E-state index contributed by atoms with van der Waals surface area (Å²) in [6, 6.07) is 16.7. The number of rotatable bonds is 8. The molecule has 0 radical (unpaired) electrons. The first-order valence-corrected chi connectivity index (χ1v) is 9.54. The summed E-state index contributed by atoms with van der Waals surface area (Å²) in [4.78, 5) is 7.86. The van der Waals surface area contributed by atoms with Gasteiger partial charge in [0.05, 0.1) is 12.0 Å². The highest BCUT2D eigenvalue weighted by atomic mass is 32.1. The number of nitrogens with zero attached hydrogens (tertiary/aromatic N) is 2. The van der Waals surface area contributed by atoms with Gasteiger partial charge in [-0.3, -0.25) is 0 Å². The normalized spacial score (nSPS) is 10.7. The minimum absolute atomic E-state index is 0.787. The minimum Gasteiger partial charge on any atom is -0.496 e. The number of nitrogens with one attached hydrogen (secondary N) is 1. The number of benzene rings is 2. The molecule has 0 saturated carbocycles. The van der Waals surface area contributed by atoms with Gasteiger partial charge in [-0.05, 0) is 42.3 Å². The molecule has 0 unspecified atom stereocenters. The Bertz CT molecular complexity index is 827. The van der Waals surface area contributed by atoms with Crippen molar-refractivity contribution in [2.45, 2.75) is 13.0 Å². The summed E-state index contributed by atoms with van der Waals surface area (Å²) in [6.07, 6.45) is 2.90. The molecule has 0 atom stereocenters. The number of hydrogen-bond donors (Lipinski definition) is 1. The van der Waals surface area contributed by atoms with Gasteiger partial charge in [0.15, 0.2) is 0 Å². The monoisotopic (exact) mass is 367 g/mol. The van der Waals surface area contributed by atoms with Gasteiger partial charge in [-0.1, -0.05) is 30.3 Å². The number of aromatic nitrogens is 1.